The highest BCUT2D eigenvalue weighted by molar-refractivity contribution is 9.10. The van der Waals surface area contributed by atoms with Crippen molar-refractivity contribution < 1.29 is 22.7 Å². The lowest BCUT2D eigenvalue weighted by Gasteiger charge is -2.09. The summed E-state index contributed by atoms with van der Waals surface area (Å²) in [5.74, 6) is -0.670. The summed E-state index contributed by atoms with van der Waals surface area (Å²) in [5.41, 5.74) is 6.44. The molecule has 3 N–H and O–H groups in total. The first kappa shape index (κ1) is 14.8. The first-order valence-electron chi connectivity index (χ1n) is 4.77. The minimum Gasteiger partial charge on any atom is -0.398 e. The van der Waals surface area contributed by atoms with Crippen LogP contribution < -0.4 is 11.1 Å². The van der Waals surface area contributed by atoms with Gasteiger partial charge in [-0.25, -0.2) is 0 Å². The predicted molar refractivity (Wildman–Crippen MR) is 64.1 cm³/mol. The van der Waals surface area contributed by atoms with E-state index in [4.69, 9.17) is 5.73 Å². The monoisotopic (exact) mass is 326 g/mol. The van der Waals surface area contributed by atoms with Crippen molar-refractivity contribution >= 4 is 33.2 Å². The average molecular weight is 327 g/mol. The van der Waals surface area contributed by atoms with Crippen molar-refractivity contribution in [2.24, 2.45) is 0 Å². The van der Waals surface area contributed by atoms with Gasteiger partial charge in [-0.2, -0.15) is 13.2 Å². The van der Waals surface area contributed by atoms with Gasteiger partial charge in [-0.05, 0) is 34.1 Å². The Morgan fingerprint density at radius 3 is 2.67 bits per heavy atom. The Hall–Kier alpha value is -1.28. The molecule has 18 heavy (non-hydrogen) atoms. The summed E-state index contributed by atoms with van der Waals surface area (Å²) < 4.78 is 40.1. The summed E-state index contributed by atoms with van der Waals surface area (Å²) in [6.45, 7) is -2.12. The van der Waals surface area contributed by atoms with Crippen LogP contribution in [0.4, 0.5) is 24.5 Å². The highest BCUT2D eigenvalue weighted by atomic mass is 79.9. The molecule has 1 aromatic carbocycles. The van der Waals surface area contributed by atoms with Crippen molar-refractivity contribution in [2.75, 3.05) is 24.3 Å². The number of carbonyl (C=O) groups excluding carboxylic acids is 1. The number of alkyl halides is 3. The van der Waals surface area contributed by atoms with Crippen LogP contribution in [0.5, 0.6) is 0 Å². The third kappa shape index (κ3) is 5.37. The SMILES string of the molecule is Nc1ccc(NC(=O)COCC(F)(F)F)cc1Br. The lowest BCUT2D eigenvalue weighted by molar-refractivity contribution is -0.174. The zero-order valence-electron chi connectivity index (χ0n) is 9.05. The van der Waals surface area contributed by atoms with Gasteiger partial charge in [0.1, 0.15) is 13.2 Å². The smallest absolute Gasteiger partial charge is 0.398 e. The highest BCUT2D eigenvalue weighted by Gasteiger charge is 2.27. The van der Waals surface area contributed by atoms with E-state index < -0.39 is 25.3 Å². The molecule has 0 aliphatic rings. The lowest BCUT2D eigenvalue weighted by atomic mass is 10.3. The number of rotatable bonds is 4. The number of anilines is 2. The number of carbonyl (C=O) groups is 1. The fraction of sp³-hybridized carbons (Fsp3) is 0.300. The van der Waals surface area contributed by atoms with Gasteiger partial charge in [-0.3, -0.25) is 4.79 Å². The molecule has 0 fully saturated rings. The van der Waals surface area contributed by atoms with E-state index in [1.807, 2.05) is 0 Å². The molecule has 1 rings (SSSR count). The van der Waals surface area contributed by atoms with Gasteiger partial charge in [-0.15, -0.1) is 0 Å². The van der Waals surface area contributed by atoms with Gasteiger partial charge in [0.05, 0.1) is 0 Å². The van der Waals surface area contributed by atoms with Gasteiger partial charge in [0.15, 0.2) is 0 Å². The Bertz CT molecular complexity index is 438. The predicted octanol–water partition coefficient (Wildman–Crippen LogP) is 2.55. The lowest BCUT2D eigenvalue weighted by Crippen LogP contribution is -2.23. The summed E-state index contributed by atoms with van der Waals surface area (Å²) in [6, 6.07) is 4.62. The Balaban J connectivity index is 2.42. The largest absolute Gasteiger partial charge is 0.411 e. The zero-order chi connectivity index (χ0) is 13.8. The fourth-order valence-corrected chi connectivity index (χ4v) is 1.44. The first-order chi connectivity index (χ1) is 8.28. The molecule has 0 saturated heterocycles. The molecule has 0 unspecified atom stereocenters. The van der Waals surface area contributed by atoms with E-state index in [0.29, 0.717) is 15.8 Å². The zero-order valence-corrected chi connectivity index (χ0v) is 10.6. The Kier molecular flexibility index (Phi) is 4.97. The van der Waals surface area contributed by atoms with Crippen molar-refractivity contribution in [3.63, 3.8) is 0 Å². The van der Waals surface area contributed by atoms with Gasteiger partial charge >= 0.3 is 6.18 Å². The quantitative estimate of drug-likeness (QED) is 0.836. The molecule has 1 amide bonds. The third-order valence-electron chi connectivity index (χ3n) is 1.78. The van der Waals surface area contributed by atoms with E-state index in [0.717, 1.165) is 0 Å². The van der Waals surface area contributed by atoms with Crippen LogP contribution in [-0.2, 0) is 9.53 Å². The van der Waals surface area contributed by atoms with E-state index in [9.17, 15) is 18.0 Å². The average Bonchev–Trinajstić information content (AvgIpc) is 2.21. The number of benzene rings is 1. The van der Waals surface area contributed by atoms with Crippen LogP contribution >= 0.6 is 15.9 Å². The van der Waals surface area contributed by atoms with Crippen LogP contribution in [0.1, 0.15) is 0 Å². The molecule has 8 heteroatoms. The van der Waals surface area contributed by atoms with Crippen molar-refractivity contribution in [3.05, 3.63) is 22.7 Å². The standard InChI is InChI=1S/C10H10BrF3N2O2/c11-7-3-6(1-2-8(7)15)16-9(17)4-18-5-10(12,13)14/h1-3H,4-5,15H2,(H,16,17). The summed E-state index contributed by atoms with van der Waals surface area (Å²) in [7, 11) is 0. The van der Waals surface area contributed by atoms with Gasteiger partial charge in [0.2, 0.25) is 5.91 Å². The maximum Gasteiger partial charge on any atom is 0.411 e. The molecule has 0 saturated carbocycles. The Labute approximate surface area is 109 Å². The third-order valence-corrected chi connectivity index (χ3v) is 2.47. The second-order valence-corrected chi connectivity index (χ2v) is 4.25. The molecule has 4 nitrogen and oxygen atoms in total. The molecule has 100 valence electrons. The van der Waals surface area contributed by atoms with Gasteiger partial charge in [0, 0.05) is 15.8 Å². The van der Waals surface area contributed by atoms with Gasteiger partial charge in [0.25, 0.3) is 0 Å². The summed E-state index contributed by atoms with van der Waals surface area (Å²) >= 11 is 3.16. The number of ether oxygens (including phenoxy) is 1. The second kappa shape index (κ2) is 6.05. The maximum absolute atomic E-state index is 11.8. The van der Waals surface area contributed by atoms with E-state index in [1.54, 1.807) is 6.07 Å². The van der Waals surface area contributed by atoms with Crippen LogP contribution in [0.25, 0.3) is 0 Å². The molecule has 0 atom stereocenters. The molecule has 0 aliphatic carbocycles. The van der Waals surface area contributed by atoms with E-state index >= 15 is 0 Å². The van der Waals surface area contributed by atoms with Gasteiger partial charge < -0.3 is 15.8 Å². The Morgan fingerprint density at radius 1 is 1.44 bits per heavy atom. The van der Waals surface area contributed by atoms with Crippen LogP contribution in [0, 0.1) is 0 Å². The Morgan fingerprint density at radius 2 is 2.11 bits per heavy atom. The molecule has 0 aromatic heterocycles. The normalized spacial score (nSPS) is 11.3. The number of halogens is 4. The molecule has 0 bridgehead atoms. The van der Waals surface area contributed by atoms with E-state index in [-0.39, 0.29) is 0 Å². The van der Waals surface area contributed by atoms with Crippen molar-refractivity contribution in [3.8, 4) is 0 Å². The molecular formula is C10H10BrF3N2O2. The first-order valence-corrected chi connectivity index (χ1v) is 5.56. The number of hydrogen-bond acceptors (Lipinski definition) is 3. The number of nitrogens with two attached hydrogens (primary N) is 1. The number of amides is 1. The fourth-order valence-electron chi connectivity index (χ4n) is 1.06. The molecule has 0 radical (unpaired) electrons. The maximum atomic E-state index is 11.8. The van der Waals surface area contributed by atoms with Crippen LogP contribution in [0.15, 0.2) is 22.7 Å². The van der Waals surface area contributed by atoms with E-state index in [2.05, 4.69) is 26.0 Å². The molecular weight excluding hydrogens is 317 g/mol. The summed E-state index contributed by atoms with van der Waals surface area (Å²) in [6.07, 6.45) is -4.44. The summed E-state index contributed by atoms with van der Waals surface area (Å²) in [5, 5.41) is 2.38. The topological polar surface area (TPSA) is 64.3 Å². The molecule has 1 aromatic rings. The summed E-state index contributed by atoms with van der Waals surface area (Å²) in [4.78, 5) is 11.2. The van der Waals surface area contributed by atoms with Crippen molar-refractivity contribution in [2.45, 2.75) is 6.18 Å². The second-order valence-electron chi connectivity index (χ2n) is 3.39. The highest BCUT2D eigenvalue weighted by Crippen LogP contribution is 2.23. The number of hydrogen-bond donors (Lipinski definition) is 2. The van der Waals surface area contributed by atoms with Gasteiger partial charge in [-0.1, -0.05) is 0 Å². The molecule has 0 spiro atoms. The van der Waals surface area contributed by atoms with Crippen LogP contribution in [0.2, 0.25) is 0 Å². The molecule has 0 aliphatic heterocycles. The number of nitrogen functional groups attached to an aromatic ring is 1. The molecule has 0 heterocycles. The van der Waals surface area contributed by atoms with Crippen molar-refractivity contribution in [1.29, 1.82) is 0 Å². The van der Waals surface area contributed by atoms with E-state index in [1.165, 1.54) is 12.1 Å². The minimum atomic E-state index is -4.44. The van der Waals surface area contributed by atoms with Crippen molar-refractivity contribution in [1.82, 2.24) is 0 Å². The minimum absolute atomic E-state index is 0.414. The van der Waals surface area contributed by atoms with Crippen LogP contribution in [0.3, 0.4) is 0 Å². The van der Waals surface area contributed by atoms with Crippen LogP contribution in [-0.4, -0.2) is 25.3 Å². The number of nitrogens with one attached hydrogen (secondary N) is 1.